The molecule has 0 aliphatic heterocycles. The van der Waals surface area contributed by atoms with Crippen LogP contribution in [0, 0.1) is 0 Å². The van der Waals surface area contributed by atoms with Gasteiger partial charge in [0.25, 0.3) is 0 Å². The number of hydrogen-bond acceptors (Lipinski definition) is 5. The molecule has 0 heterocycles. The van der Waals surface area contributed by atoms with E-state index in [2.05, 4.69) is 9.05 Å². The maximum atomic E-state index is 11.5. The van der Waals surface area contributed by atoms with Crippen LogP contribution in [0.25, 0.3) is 0 Å². The van der Waals surface area contributed by atoms with Crippen LogP contribution >= 0.6 is 7.60 Å². The van der Waals surface area contributed by atoms with Crippen LogP contribution in [0.3, 0.4) is 0 Å². The molecule has 0 saturated heterocycles. The van der Waals surface area contributed by atoms with Crippen LogP contribution in [0.1, 0.15) is 6.92 Å². The van der Waals surface area contributed by atoms with Gasteiger partial charge in [0.1, 0.15) is 0 Å². The molecular weight excluding hydrogens is 183 g/mol. The second-order valence-electron chi connectivity index (χ2n) is 2.10. The van der Waals surface area contributed by atoms with Gasteiger partial charge >= 0.3 is 7.60 Å². The smallest absolute Gasteiger partial charge is 0.362 e. The number of hydrogen-bond donors (Lipinski definition) is 0. The number of carbonyl (C=O) groups is 1. The summed E-state index contributed by atoms with van der Waals surface area (Å²) in [5, 5.41) is 0. The Labute approximate surface area is 71.5 Å². The van der Waals surface area contributed by atoms with Gasteiger partial charge in [-0.3, -0.25) is 9.36 Å². The van der Waals surface area contributed by atoms with Crippen molar-refractivity contribution in [1.82, 2.24) is 0 Å². The van der Waals surface area contributed by atoms with Crippen LogP contribution < -0.4 is 0 Å². The van der Waals surface area contributed by atoms with Crippen LogP contribution in [0.15, 0.2) is 0 Å². The number of ketones is 1. The Morgan fingerprint density at radius 1 is 1.25 bits per heavy atom. The Balaban J connectivity index is 4.68. The third-order valence-electron chi connectivity index (χ3n) is 1.37. The summed E-state index contributed by atoms with van der Waals surface area (Å²) in [6.07, 6.45) is 0. The summed E-state index contributed by atoms with van der Waals surface area (Å²) in [6.45, 7) is 1.26. The van der Waals surface area contributed by atoms with Crippen LogP contribution in [-0.4, -0.2) is 33.0 Å². The maximum absolute atomic E-state index is 11.5. The quantitative estimate of drug-likeness (QED) is 0.614. The van der Waals surface area contributed by atoms with Crippen molar-refractivity contribution in [3.8, 4) is 0 Å². The fourth-order valence-electron chi connectivity index (χ4n) is 0.784. The van der Waals surface area contributed by atoms with Crippen molar-refractivity contribution < 1.29 is 23.1 Å². The lowest BCUT2D eigenvalue weighted by atomic mass is 10.5. The molecule has 0 amide bonds. The number of ether oxygens (including phenoxy) is 1. The molecule has 0 aromatic carbocycles. The maximum Gasteiger partial charge on any atom is 0.366 e. The Kier molecular flexibility index (Phi) is 4.63. The Bertz CT molecular complexity index is 194. The van der Waals surface area contributed by atoms with Gasteiger partial charge in [-0.2, -0.15) is 0 Å². The molecule has 0 aromatic rings. The van der Waals surface area contributed by atoms with Crippen LogP contribution in [0.2, 0.25) is 0 Å². The van der Waals surface area contributed by atoms with Gasteiger partial charge in [-0.05, 0) is 6.92 Å². The van der Waals surface area contributed by atoms with E-state index in [-0.39, 0.29) is 5.78 Å². The standard InChI is InChI=1S/C6H13O5P/c1-5(7)6(9-2)12(8,10-3)11-4/h6H,1-4H3. The first-order valence-corrected chi connectivity index (χ1v) is 4.87. The molecule has 72 valence electrons. The van der Waals surface area contributed by atoms with E-state index in [9.17, 15) is 9.36 Å². The minimum absolute atomic E-state index is 0.385. The molecule has 1 atom stereocenters. The molecule has 0 saturated carbocycles. The Morgan fingerprint density at radius 2 is 1.67 bits per heavy atom. The zero-order valence-corrected chi connectivity index (χ0v) is 8.46. The van der Waals surface area contributed by atoms with E-state index >= 15 is 0 Å². The Morgan fingerprint density at radius 3 is 1.75 bits per heavy atom. The highest BCUT2D eigenvalue weighted by Crippen LogP contribution is 2.51. The molecule has 0 rings (SSSR count). The molecule has 0 fully saturated rings. The predicted molar refractivity (Wildman–Crippen MR) is 43.1 cm³/mol. The number of Topliss-reactive ketones (excluding diaryl/α,β-unsaturated/α-hetero) is 1. The number of carbonyl (C=O) groups excluding carboxylic acids is 1. The van der Waals surface area contributed by atoms with E-state index in [0.717, 1.165) is 0 Å². The lowest BCUT2D eigenvalue weighted by Gasteiger charge is -2.20. The molecule has 0 spiro atoms. The van der Waals surface area contributed by atoms with Crippen molar-refractivity contribution in [3.05, 3.63) is 0 Å². The predicted octanol–water partition coefficient (Wildman–Crippen LogP) is 1.03. The summed E-state index contributed by atoms with van der Waals surface area (Å²) < 4.78 is 25.4. The highest BCUT2D eigenvalue weighted by molar-refractivity contribution is 7.55. The zero-order valence-electron chi connectivity index (χ0n) is 7.57. The van der Waals surface area contributed by atoms with Gasteiger partial charge in [0, 0.05) is 21.3 Å². The zero-order chi connectivity index (χ0) is 9.78. The van der Waals surface area contributed by atoms with Gasteiger partial charge in [-0.1, -0.05) is 0 Å². The molecule has 0 N–H and O–H groups in total. The summed E-state index contributed by atoms with van der Waals surface area (Å²) in [6, 6.07) is 0. The average Bonchev–Trinajstić information content (AvgIpc) is 2.04. The van der Waals surface area contributed by atoms with E-state index in [4.69, 9.17) is 4.74 Å². The van der Waals surface area contributed by atoms with Crippen LogP contribution in [0.5, 0.6) is 0 Å². The van der Waals surface area contributed by atoms with Crippen molar-refractivity contribution in [2.75, 3.05) is 21.3 Å². The lowest BCUT2D eigenvalue weighted by molar-refractivity contribution is -0.123. The first-order chi connectivity index (χ1) is 5.51. The summed E-state index contributed by atoms with van der Waals surface area (Å²) in [7, 11) is 0.271. The van der Waals surface area contributed by atoms with E-state index in [0.29, 0.717) is 0 Å². The van der Waals surface area contributed by atoms with E-state index in [1.165, 1.54) is 28.3 Å². The fraction of sp³-hybridized carbons (Fsp3) is 0.833. The highest BCUT2D eigenvalue weighted by atomic mass is 31.2. The number of methoxy groups -OCH3 is 1. The van der Waals surface area contributed by atoms with Crippen molar-refractivity contribution in [2.24, 2.45) is 0 Å². The molecule has 1 unspecified atom stereocenters. The van der Waals surface area contributed by atoms with Crippen LogP contribution in [0.4, 0.5) is 0 Å². The van der Waals surface area contributed by atoms with Gasteiger partial charge in [-0.15, -0.1) is 0 Å². The van der Waals surface area contributed by atoms with E-state index in [1.54, 1.807) is 0 Å². The third kappa shape index (κ3) is 2.38. The van der Waals surface area contributed by atoms with Crippen LogP contribution in [-0.2, 0) is 23.1 Å². The third-order valence-corrected chi connectivity index (χ3v) is 3.53. The van der Waals surface area contributed by atoms with E-state index in [1.807, 2.05) is 0 Å². The molecule has 6 heteroatoms. The van der Waals surface area contributed by atoms with Gasteiger partial charge in [0.15, 0.2) is 5.78 Å². The van der Waals surface area contributed by atoms with Crippen molar-refractivity contribution >= 4 is 13.4 Å². The normalized spacial score (nSPS) is 14.3. The summed E-state index contributed by atoms with van der Waals surface area (Å²) >= 11 is 0. The van der Waals surface area contributed by atoms with Crippen molar-refractivity contribution in [1.29, 1.82) is 0 Å². The highest BCUT2D eigenvalue weighted by Gasteiger charge is 2.37. The molecule has 12 heavy (non-hydrogen) atoms. The molecule has 5 nitrogen and oxygen atoms in total. The number of rotatable bonds is 5. The van der Waals surface area contributed by atoms with Gasteiger partial charge in [0.2, 0.25) is 5.85 Å². The summed E-state index contributed by atoms with van der Waals surface area (Å²) in [4.78, 5) is 10.9. The Hall–Kier alpha value is -0.220. The first kappa shape index (κ1) is 11.8. The van der Waals surface area contributed by atoms with Crippen molar-refractivity contribution in [3.63, 3.8) is 0 Å². The fourth-order valence-corrected chi connectivity index (χ4v) is 2.02. The lowest BCUT2D eigenvalue weighted by Crippen LogP contribution is -2.21. The summed E-state index contributed by atoms with van der Waals surface area (Å²) in [5.41, 5.74) is 0. The van der Waals surface area contributed by atoms with Gasteiger partial charge in [0.05, 0.1) is 0 Å². The second kappa shape index (κ2) is 4.72. The summed E-state index contributed by atoms with van der Waals surface area (Å²) in [5.74, 6) is -1.52. The molecule has 0 bridgehead atoms. The molecule has 0 aliphatic rings. The molecular formula is C6H13O5P. The minimum Gasteiger partial charge on any atom is -0.362 e. The largest absolute Gasteiger partial charge is 0.366 e. The minimum atomic E-state index is -3.42. The molecule has 0 aliphatic carbocycles. The second-order valence-corrected chi connectivity index (χ2v) is 4.38. The first-order valence-electron chi connectivity index (χ1n) is 3.26. The van der Waals surface area contributed by atoms with Gasteiger partial charge in [-0.25, -0.2) is 0 Å². The molecule has 0 radical (unpaired) electrons. The van der Waals surface area contributed by atoms with Crippen molar-refractivity contribution in [2.45, 2.75) is 12.8 Å². The topological polar surface area (TPSA) is 61.8 Å². The SMILES string of the molecule is COC(C(C)=O)P(=O)(OC)OC. The van der Waals surface area contributed by atoms with Gasteiger partial charge < -0.3 is 13.8 Å². The monoisotopic (exact) mass is 196 g/mol. The van der Waals surface area contributed by atoms with E-state index < -0.39 is 13.4 Å². The molecule has 0 aromatic heterocycles. The average molecular weight is 196 g/mol.